The molecule has 1 saturated heterocycles. The van der Waals surface area contributed by atoms with Crippen LogP contribution in [0.15, 0.2) is 54.9 Å². The molecule has 1 fully saturated rings. The van der Waals surface area contributed by atoms with Gasteiger partial charge in [-0.25, -0.2) is 0 Å². The molecular weight excluding hydrogens is 394 g/mol. The Hall–Kier alpha value is -3.23. The highest BCUT2D eigenvalue weighted by molar-refractivity contribution is 6.30. The number of morpholine rings is 1. The Labute approximate surface area is 171 Å². The van der Waals surface area contributed by atoms with E-state index >= 15 is 0 Å². The first kappa shape index (κ1) is 19.1. The molecule has 0 radical (unpaired) electrons. The van der Waals surface area contributed by atoms with Crippen molar-refractivity contribution in [1.82, 2.24) is 20.1 Å². The quantitative estimate of drug-likeness (QED) is 0.687. The van der Waals surface area contributed by atoms with Gasteiger partial charge in [0.25, 0.3) is 5.91 Å². The van der Waals surface area contributed by atoms with E-state index in [0.29, 0.717) is 10.8 Å². The average molecular weight is 412 g/mol. The zero-order valence-electron chi connectivity index (χ0n) is 15.5. The fourth-order valence-corrected chi connectivity index (χ4v) is 3.38. The van der Waals surface area contributed by atoms with Gasteiger partial charge < -0.3 is 15.0 Å². The minimum atomic E-state index is -0.889. The molecule has 0 spiro atoms. The second-order valence-electron chi connectivity index (χ2n) is 6.62. The molecule has 2 aromatic heterocycles. The van der Waals surface area contributed by atoms with E-state index in [2.05, 4.69) is 20.5 Å². The molecule has 1 aliphatic rings. The van der Waals surface area contributed by atoms with Gasteiger partial charge in [-0.1, -0.05) is 23.7 Å². The Morgan fingerprint density at radius 1 is 1.24 bits per heavy atom. The van der Waals surface area contributed by atoms with Crippen molar-refractivity contribution in [1.29, 1.82) is 0 Å². The third-order valence-electron chi connectivity index (χ3n) is 4.77. The smallest absolute Gasteiger partial charge is 0.257 e. The lowest BCUT2D eigenvalue weighted by molar-refractivity contribution is -0.160. The number of benzene rings is 1. The minimum Gasteiger partial charge on any atom is -0.356 e. The van der Waals surface area contributed by atoms with Crippen molar-refractivity contribution in [3.05, 3.63) is 65.4 Å². The number of halogens is 1. The summed E-state index contributed by atoms with van der Waals surface area (Å²) in [7, 11) is 1.65. The van der Waals surface area contributed by atoms with Crippen LogP contribution in [0.5, 0.6) is 0 Å². The number of aromatic amines is 1. The number of H-pyrrole nitrogens is 1. The maximum atomic E-state index is 13.0. The van der Waals surface area contributed by atoms with Crippen molar-refractivity contribution in [3.8, 4) is 11.3 Å². The van der Waals surface area contributed by atoms with Crippen LogP contribution in [0.1, 0.15) is 11.6 Å². The molecule has 2 amide bonds. The molecule has 9 heteroatoms. The van der Waals surface area contributed by atoms with Gasteiger partial charge in [-0.15, -0.1) is 0 Å². The number of nitrogens with one attached hydrogen (secondary N) is 2. The van der Waals surface area contributed by atoms with Crippen LogP contribution in [0, 0.1) is 0 Å². The highest BCUT2D eigenvalue weighted by atomic mass is 35.5. The summed E-state index contributed by atoms with van der Waals surface area (Å²) in [5.41, 5.74) is 2.39. The Balaban J connectivity index is 1.55. The SMILES string of the molecule is CN1C(=O)COC(C(=O)Nc2cc(-c3ccncc3)[nH]n2)C1c1ccc(Cl)cc1. The maximum Gasteiger partial charge on any atom is 0.257 e. The second kappa shape index (κ2) is 8.02. The summed E-state index contributed by atoms with van der Waals surface area (Å²) in [6.45, 7) is -0.165. The molecule has 3 aromatic rings. The third-order valence-corrected chi connectivity index (χ3v) is 5.03. The summed E-state index contributed by atoms with van der Waals surface area (Å²) in [4.78, 5) is 30.6. The summed E-state index contributed by atoms with van der Waals surface area (Å²) in [6, 6.07) is 11.8. The Morgan fingerprint density at radius 2 is 1.97 bits per heavy atom. The van der Waals surface area contributed by atoms with Gasteiger partial charge >= 0.3 is 0 Å². The lowest BCUT2D eigenvalue weighted by Crippen LogP contribution is -2.51. The molecule has 0 bridgehead atoms. The van der Waals surface area contributed by atoms with E-state index in [0.717, 1.165) is 16.8 Å². The monoisotopic (exact) mass is 411 g/mol. The van der Waals surface area contributed by atoms with Crippen LogP contribution in [-0.4, -0.2) is 51.7 Å². The fourth-order valence-electron chi connectivity index (χ4n) is 3.25. The fraction of sp³-hybridized carbons (Fsp3) is 0.200. The van der Waals surface area contributed by atoms with Gasteiger partial charge in [-0.05, 0) is 29.8 Å². The predicted molar refractivity (Wildman–Crippen MR) is 107 cm³/mol. The Bertz CT molecular complexity index is 1020. The van der Waals surface area contributed by atoms with Crippen molar-refractivity contribution in [2.24, 2.45) is 0 Å². The molecule has 8 nitrogen and oxygen atoms in total. The van der Waals surface area contributed by atoms with Gasteiger partial charge in [0.1, 0.15) is 6.61 Å². The van der Waals surface area contributed by atoms with E-state index in [1.807, 2.05) is 12.1 Å². The van der Waals surface area contributed by atoms with Gasteiger partial charge in [0.05, 0.1) is 11.7 Å². The molecule has 3 heterocycles. The van der Waals surface area contributed by atoms with E-state index in [1.165, 1.54) is 4.90 Å². The van der Waals surface area contributed by atoms with Crippen molar-refractivity contribution < 1.29 is 14.3 Å². The molecular formula is C20H18ClN5O3. The first-order chi connectivity index (χ1) is 14.0. The number of amides is 2. The molecule has 1 aliphatic heterocycles. The van der Waals surface area contributed by atoms with Crippen LogP contribution in [0.25, 0.3) is 11.3 Å². The normalized spacial score (nSPS) is 19.2. The van der Waals surface area contributed by atoms with Gasteiger partial charge in [-0.2, -0.15) is 5.10 Å². The van der Waals surface area contributed by atoms with Crippen LogP contribution in [0.4, 0.5) is 5.82 Å². The molecule has 2 atom stereocenters. The number of rotatable bonds is 4. The Morgan fingerprint density at radius 3 is 2.69 bits per heavy atom. The van der Waals surface area contributed by atoms with Crippen molar-refractivity contribution >= 4 is 29.2 Å². The highest BCUT2D eigenvalue weighted by Crippen LogP contribution is 2.30. The summed E-state index contributed by atoms with van der Waals surface area (Å²) >= 11 is 5.97. The molecule has 148 valence electrons. The maximum absolute atomic E-state index is 13.0. The zero-order valence-corrected chi connectivity index (χ0v) is 16.3. The lowest BCUT2D eigenvalue weighted by Gasteiger charge is -2.38. The average Bonchev–Trinajstić information content (AvgIpc) is 3.20. The van der Waals surface area contributed by atoms with E-state index in [4.69, 9.17) is 16.3 Å². The number of carbonyl (C=O) groups excluding carboxylic acids is 2. The van der Waals surface area contributed by atoms with Crippen molar-refractivity contribution in [2.45, 2.75) is 12.1 Å². The van der Waals surface area contributed by atoms with Gasteiger partial charge in [0.15, 0.2) is 11.9 Å². The number of pyridine rings is 1. The number of carbonyl (C=O) groups is 2. The number of hydrogen-bond acceptors (Lipinski definition) is 5. The van der Waals surface area contributed by atoms with E-state index < -0.39 is 18.1 Å². The number of anilines is 1. The largest absolute Gasteiger partial charge is 0.356 e. The van der Waals surface area contributed by atoms with Crippen molar-refractivity contribution in [2.75, 3.05) is 19.0 Å². The molecule has 2 N–H and O–H groups in total. The number of likely N-dealkylation sites (N-methyl/N-ethyl adjacent to an activating group) is 1. The summed E-state index contributed by atoms with van der Waals surface area (Å²) in [5.74, 6) is -0.231. The van der Waals surface area contributed by atoms with Crippen LogP contribution < -0.4 is 5.32 Å². The van der Waals surface area contributed by atoms with Crippen LogP contribution in [-0.2, 0) is 14.3 Å². The summed E-state index contributed by atoms with van der Waals surface area (Å²) < 4.78 is 5.60. The predicted octanol–water partition coefficient (Wildman–Crippen LogP) is 2.66. The molecule has 1 aromatic carbocycles. The molecule has 0 aliphatic carbocycles. The number of ether oxygens (including phenoxy) is 1. The lowest BCUT2D eigenvalue weighted by atomic mass is 9.97. The molecule has 4 rings (SSSR count). The van der Waals surface area contributed by atoms with E-state index in [-0.39, 0.29) is 12.5 Å². The first-order valence-electron chi connectivity index (χ1n) is 8.92. The van der Waals surface area contributed by atoms with Gasteiger partial charge in [-0.3, -0.25) is 19.7 Å². The van der Waals surface area contributed by atoms with Gasteiger partial charge in [0.2, 0.25) is 5.91 Å². The highest BCUT2D eigenvalue weighted by Gasteiger charge is 2.40. The summed E-state index contributed by atoms with van der Waals surface area (Å²) in [6.07, 6.45) is 2.46. The van der Waals surface area contributed by atoms with Crippen LogP contribution in [0.2, 0.25) is 5.02 Å². The molecule has 0 saturated carbocycles. The van der Waals surface area contributed by atoms with Crippen LogP contribution >= 0.6 is 11.6 Å². The molecule has 29 heavy (non-hydrogen) atoms. The first-order valence-corrected chi connectivity index (χ1v) is 9.30. The number of hydrogen-bond donors (Lipinski definition) is 2. The third kappa shape index (κ3) is 3.98. The standard InChI is InChI=1S/C20H18ClN5O3/c1-26-17(27)11-29-19(18(26)13-2-4-14(21)5-3-13)20(28)23-16-10-15(24-25-16)12-6-8-22-9-7-12/h2-10,18-19H,11H2,1H3,(H2,23,24,25,28). The van der Waals surface area contributed by atoms with Crippen LogP contribution in [0.3, 0.4) is 0 Å². The minimum absolute atomic E-state index is 0.165. The second-order valence-corrected chi connectivity index (χ2v) is 7.06. The van der Waals surface area contributed by atoms with E-state index in [9.17, 15) is 9.59 Å². The number of nitrogens with zero attached hydrogens (tertiary/aromatic N) is 3. The zero-order chi connectivity index (χ0) is 20.4. The van der Waals surface area contributed by atoms with E-state index in [1.54, 1.807) is 49.8 Å². The van der Waals surface area contributed by atoms with Gasteiger partial charge in [0, 0.05) is 36.1 Å². The molecule has 2 unspecified atom stereocenters. The van der Waals surface area contributed by atoms with Crippen molar-refractivity contribution in [3.63, 3.8) is 0 Å². The Kier molecular flexibility index (Phi) is 5.28. The number of aromatic nitrogens is 3. The topological polar surface area (TPSA) is 100 Å². The summed E-state index contributed by atoms with van der Waals surface area (Å²) in [5, 5.41) is 10.4.